The molecule has 1 amide bonds. The van der Waals surface area contributed by atoms with Gasteiger partial charge in [0.1, 0.15) is 17.2 Å². The number of carbonyl (C=O) groups excluding carboxylic acids is 1. The Morgan fingerprint density at radius 3 is 2.44 bits per heavy atom. The zero-order valence-corrected chi connectivity index (χ0v) is 13.1. The minimum Gasteiger partial charge on any atom is -0.348 e. The number of pyridine rings is 1. The summed E-state index contributed by atoms with van der Waals surface area (Å²) in [6, 6.07) is 3.30. The largest absolute Gasteiger partial charge is 0.417 e. The Kier molecular flexibility index (Phi) is 4.40. The highest BCUT2D eigenvalue weighted by Gasteiger charge is 2.43. The third-order valence-corrected chi connectivity index (χ3v) is 4.15. The molecule has 0 saturated heterocycles. The third kappa shape index (κ3) is 3.58. The second-order valence-electron chi connectivity index (χ2n) is 5.61. The SMILES string of the molecule is O=C(N[C@@H]1C[C@@H]1c1ncc(C(F)(F)F)cc1Cl)c1c(F)cccc1F. The molecular formula is C16H10ClF5N2O. The van der Waals surface area contributed by atoms with Gasteiger partial charge in [0.2, 0.25) is 0 Å². The predicted octanol–water partition coefficient (Wildman–Crippen LogP) is 4.32. The van der Waals surface area contributed by atoms with Crippen LogP contribution in [0, 0.1) is 11.6 Å². The van der Waals surface area contributed by atoms with Crippen LogP contribution in [0.2, 0.25) is 5.02 Å². The molecule has 1 aliphatic carbocycles. The van der Waals surface area contributed by atoms with E-state index in [-0.39, 0.29) is 10.7 Å². The fourth-order valence-corrected chi connectivity index (χ4v) is 2.79. The Labute approximate surface area is 143 Å². The molecule has 0 spiro atoms. The van der Waals surface area contributed by atoms with Crippen LogP contribution in [0.15, 0.2) is 30.5 Å². The lowest BCUT2D eigenvalue weighted by Crippen LogP contribution is -2.28. The molecule has 25 heavy (non-hydrogen) atoms. The third-order valence-electron chi connectivity index (χ3n) is 3.84. The molecule has 3 nitrogen and oxygen atoms in total. The summed E-state index contributed by atoms with van der Waals surface area (Å²) in [5, 5.41) is 2.26. The van der Waals surface area contributed by atoms with Gasteiger partial charge in [-0.15, -0.1) is 0 Å². The van der Waals surface area contributed by atoms with Crippen molar-refractivity contribution in [2.24, 2.45) is 0 Å². The van der Waals surface area contributed by atoms with E-state index < -0.39 is 46.8 Å². The summed E-state index contributed by atoms with van der Waals surface area (Å²) >= 11 is 5.84. The van der Waals surface area contributed by atoms with Crippen molar-refractivity contribution in [1.82, 2.24) is 10.3 Å². The number of alkyl halides is 3. The highest BCUT2D eigenvalue weighted by Crippen LogP contribution is 2.44. The lowest BCUT2D eigenvalue weighted by atomic mass is 10.1. The van der Waals surface area contributed by atoms with Gasteiger partial charge in [-0.05, 0) is 24.6 Å². The van der Waals surface area contributed by atoms with Crippen molar-refractivity contribution in [3.63, 3.8) is 0 Å². The van der Waals surface area contributed by atoms with Crippen molar-refractivity contribution in [2.75, 3.05) is 0 Å². The van der Waals surface area contributed by atoms with Crippen LogP contribution in [0.1, 0.15) is 34.0 Å². The van der Waals surface area contributed by atoms with Crippen LogP contribution in [-0.2, 0) is 6.18 Å². The lowest BCUT2D eigenvalue weighted by molar-refractivity contribution is -0.137. The Bertz CT molecular complexity index is 820. The van der Waals surface area contributed by atoms with E-state index in [1.165, 1.54) is 0 Å². The van der Waals surface area contributed by atoms with E-state index >= 15 is 0 Å². The maximum atomic E-state index is 13.6. The number of carbonyl (C=O) groups is 1. The van der Waals surface area contributed by atoms with Gasteiger partial charge in [-0.3, -0.25) is 9.78 Å². The van der Waals surface area contributed by atoms with Gasteiger partial charge in [-0.25, -0.2) is 8.78 Å². The summed E-state index contributed by atoms with van der Waals surface area (Å²) in [4.78, 5) is 15.7. The van der Waals surface area contributed by atoms with E-state index in [0.717, 1.165) is 24.3 Å². The average molecular weight is 377 g/mol. The summed E-state index contributed by atoms with van der Waals surface area (Å²) in [6.45, 7) is 0. The number of benzene rings is 1. The van der Waals surface area contributed by atoms with E-state index in [2.05, 4.69) is 10.3 Å². The van der Waals surface area contributed by atoms with E-state index in [1.54, 1.807) is 0 Å². The molecule has 1 N–H and O–H groups in total. The molecule has 3 rings (SSSR count). The number of halogens is 6. The highest BCUT2D eigenvalue weighted by atomic mass is 35.5. The zero-order valence-electron chi connectivity index (χ0n) is 12.4. The van der Waals surface area contributed by atoms with Crippen molar-refractivity contribution in [3.05, 3.63) is 63.9 Å². The van der Waals surface area contributed by atoms with Gasteiger partial charge in [0.05, 0.1) is 16.3 Å². The number of nitrogens with zero attached hydrogens (tertiary/aromatic N) is 1. The minimum absolute atomic E-state index is 0.173. The van der Waals surface area contributed by atoms with Gasteiger partial charge in [0.15, 0.2) is 0 Å². The molecular weight excluding hydrogens is 367 g/mol. The molecule has 0 radical (unpaired) electrons. The van der Waals surface area contributed by atoms with Gasteiger partial charge >= 0.3 is 6.18 Å². The van der Waals surface area contributed by atoms with Gasteiger partial charge in [0, 0.05) is 18.2 Å². The second kappa shape index (κ2) is 6.25. The molecule has 9 heteroatoms. The number of amides is 1. The molecule has 1 aromatic heterocycles. The molecule has 0 unspecified atom stereocenters. The standard InChI is InChI=1S/C16H10ClF5N2O/c17-9-4-7(16(20,21)22)6-23-14(9)8-5-12(8)24-15(25)13-10(18)2-1-3-11(13)19/h1-4,6,8,12H,5H2,(H,24,25)/t8-,12+/m0/s1. The number of nitrogens with one attached hydrogen (secondary N) is 1. The highest BCUT2D eigenvalue weighted by molar-refractivity contribution is 6.31. The Balaban J connectivity index is 1.72. The van der Waals surface area contributed by atoms with Crippen molar-refractivity contribution in [1.29, 1.82) is 0 Å². The van der Waals surface area contributed by atoms with E-state index in [9.17, 15) is 26.7 Å². The van der Waals surface area contributed by atoms with Crippen molar-refractivity contribution < 1.29 is 26.7 Å². The maximum absolute atomic E-state index is 13.6. The quantitative estimate of drug-likeness (QED) is 0.811. The Morgan fingerprint density at radius 2 is 1.88 bits per heavy atom. The van der Waals surface area contributed by atoms with Crippen LogP contribution >= 0.6 is 11.6 Å². The van der Waals surface area contributed by atoms with E-state index in [4.69, 9.17) is 11.6 Å². The number of aromatic nitrogens is 1. The number of rotatable bonds is 3. The van der Waals surface area contributed by atoms with Crippen molar-refractivity contribution >= 4 is 17.5 Å². The second-order valence-corrected chi connectivity index (χ2v) is 6.01. The fourth-order valence-electron chi connectivity index (χ4n) is 2.49. The smallest absolute Gasteiger partial charge is 0.348 e. The topological polar surface area (TPSA) is 42.0 Å². The maximum Gasteiger partial charge on any atom is 0.417 e. The van der Waals surface area contributed by atoms with E-state index in [1.807, 2.05) is 0 Å². The number of hydrogen-bond acceptors (Lipinski definition) is 2. The summed E-state index contributed by atoms with van der Waals surface area (Å²) < 4.78 is 64.9. The molecule has 1 aromatic carbocycles. The average Bonchev–Trinajstić information content (AvgIpc) is 3.24. The lowest BCUT2D eigenvalue weighted by Gasteiger charge is -2.10. The molecule has 1 saturated carbocycles. The van der Waals surface area contributed by atoms with Crippen LogP contribution in [0.4, 0.5) is 22.0 Å². The monoisotopic (exact) mass is 376 g/mol. The molecule has 2 aromatic rings. The zero-order chi connectivity index (χ0) is 18.4. The summed E-state index contributed by atoms with van der Waals surface area (Å²) in [6.07, 6.45) is -3.54. The van der Waals surface area contributed by atoms with Gasteiger partial charge in [-0.2, -0.15) is 13.2 Å². The number of hydrogen-bond donors (Lipinski definition) is 1. The minimum atomic E-state index is -4.56. The van der Waals surface area contributed by atoms with Gasteiger partial charge in [-0.1, -0.05) is 17.7 Å². The van der Waals surface area contributed by atoms with Gasteiger partial charge < -0.3 is 5.32 Å². The predicted molar refractivity (Wildman–Crippen MR) is 79.2 cm³/mol. The van der Waals surface area contributed by atoms with Crippen LogP contribution in [0.25, 0.3) is 0 Å². The molecule has 2 atom stereocenters. The van der Waals surface area contributed by atoms with Crippen molar-refractivity contribution in [3.8, 4) is 0 Å². The first-order valence-electron chi connectivity index (χ1n) is 7.16. The summed E-state index contributed by atoms with van der Waals surface area (Å²) in [7, 11) is 0. The summed E-state index contributed by atoms with van der Waals surface area (Å²) in [5.74, 6) is -3.35. The van der Waals surface area contributed by atoms with E-state index in [0.29, 0.717) is 12.6 Å². The molecule has 0 bridgehead atoms. The normalized spacial score (nSPS) is 19.6. The van der Waals surface area contributed by atoms with Gasteiger partial charge in [0.25, 0.3) is 5.91 Å². The molecule has 1 aliphatic rings. The van der Waals surface area contributed by atoms with Crippen LogP contribution in [0.5, 0.6) is 0 Å². The molecule has 1 fully saturated rings. The first-order valence-corrected chi connectivity index (χ1v) is 7.54. The molecule has 0 aliphatic heterocycles. The first-order chi connectivity index (χ1) is 11.7. The Morgan fingerprint density at radius 1 is 1.24 bits per heavy atom. The molecule has 1 heterocycles. The molecule has 132 valence electrons. The van der Waals surface area contributed by atoms with Crippen molar-refractivity contribution in [2.45, 2.75) is 24.6 Å². The summed E-state index contributed by atoms with van der Waals surface area (Å²) in [5.41, 5.74) is -1.48. The van der Waals surface area contributed by atoms with Crippen LogP contribution in [0.3, 0.4) is 0 Å². The van der Waals surface area contributed by atoms with Crippen LogP contribution in [-0.4, -0.2) is 16.9 Å². The fraction of sp³-hybridized carbons (Fsp3) is 0.250. The van der Waals surface area contributed by atoms with Crippen LogP contribution < -0.4 is 5.32 Å². The first kappa shape index (κ1) is 17.6. The Hall–Kier alpha value is -2.22.